The number of fused-ring (bicyclic) bond motifs is 10. The van der Waals surface area contributed by atoms with Crippen molar-refractivity contribution >= 4 is 67.1 Å². The molecule has 4 aliphatic heterocycles. The van der Waals surface area contributed by atoms with Crippen molar-refractivity contribution < 1.29 is 19.0 Å². The van der Waals surface area contributed by atoms with Crippen LogP contribution in [-0.2, 0) is 47.3 Å². The minimum atomic E-state index is -0.566. The molecule has 92 heavy (non-hydrogen) atoms. The van der Waals surface area contributed by atoms with Crippen LogP contribution in [0, 0.1) is 20.2 Å². The fraction of sp³-hybridized carbons (Fsp3) is 0.268. The van der Waals surface area contributed by atoms with Crippen LogP contribution in [0.5, 0.6) is 0 Å². The molecule has 0 bridgehead atoms. The molecule has 0 saturated heterocycles. The smallest absolute Gasteiger partial charge is 0.269 e. The molecule has 15 rings (SSSR count). The molecule has 0 aromatic heterocycles. The summed E-state index contributed by atoms with van der Waals surface area (Å²) in [6, 6.07) is 68.2. The fourth-order valence-electron chi connectivity index (χ4n) is 18.1. The van der Waals surface area contributed by atoms with E-state index in [9.17, 15) is 20.2 Å². The van der Waals surface area contributed by atoms with Gasteiger partial charge in [-0.3, -0.25) is 20.2 Å². The minimum Gasteiger partial charge on any atom is -0.347 e. The summed E-state index contributed by atoms with van der Waals surface area (Å²) in [6.45, 7) is 0. The number of hydrogen-bond acceptors (Lipinski definition) is 6. The highest BCUT2D eigenvalue weighted by Crippen LogP contribution is 2.59. The second-order valence-electron chi connectivity index (χ2n) is 27.0. The highest BCUT2D eigenvalue weighted by Gasteiger charge is 2.53. The van der Waals surface area contributed by atoms with Crippen molar-refractivity contribution in [3.63, 3.8) is 0 Å². The number of likely N-dealkylation sites (N-methyl/N-ethyl adjacent to an activating group) is 2. The number of para-hydroxylation sites is 2. The molecule has 458 valence electrons. The Morgan fingerprint density at radius 1 is 0.424 bits per heavy atom. The van der Waals surface area contributed by atoms with Crippen molar-refractivity contribution in [2.45, 2.75) is 112 Å². The van der Waals surface area contributed by atoms with E-state index in [0.29, 0.717) is 25.7 Å². The lowest BCUT2D eigenvalue weighted by Crippen LogP contribution is -2.39. The van der Waals surface area contributed by atoms with Gasteiger partial charge in [-0.05, 0) is 131 Å². The number of nitro benzene ring substituents is 2. The number of nitrogens with zero attached hydrogens (tertiary/aromatic N) is 6. The summed E-state index contributed by atoms with van der Waals surface area (Å²) in [4.78, 5) is 28.4. The first-order chi connectivity index (χ1) is 44.8. The molecule has 10 nitrogen and oxygen atoms in total. The molecule has 10 heteroatoms. The van der Waals surface area contributed by atoms with Crippen LogP contribution in [0.25, 0.3) is 21.5 Å². The van der Waals surface area contributed by atoms with E-state index < -0.39 is 10.8 Å². The molecule has 0 amide bonds. The van der Waals surface area contributed by atoms with Gasteiger partial charge >= 0.3 is 0 Å². The first kappa shape index (κ1) is 58.6. The third-order valence-electron chi connectivity index (χ3n) is 22.2. The maximum Gasteiger partial charge on any atom is 0.269 e. The van der Waals surface area contributed by atoms with Crippen molar-refractivity contribution in [2.24, 2.45) is 0 Å². The van der Waals surface area contributed by atoms with E-state index in [2.05, 4.69) is 229 Å². The molecule has 2 unspecified atom stereocenters. The average Bonchev–Trinajstić information content (AvgIpc) is 1.58. The molecule has 4 heterocycles. The van der Waals surface area contributed by atoms with Gasteiger partial charge < -0.3 is 9.80 Å². The molecule has 2 atom stereocenters. The van der Waals surface area contributed by atoms with Gasteiger partial charge in [-0.25, -0.2) is 0 Å². The van der Waals surface area contributed by atoms with Gasteiger partial charge in [-0.1, -0.05) is 196 Å². The van der Waals surface area contributed by atoms with Gasteiger partial charge in [0.2, 0.25) is 11.4 Å². The SMILES string of the molecule is CN1/C(=C/C=C/C2=[N+](C)c3ccccc3C2(Cc2ccc(CC3(Cc4ccc([N+](=O)[O-])cc4)C(/C=C/C=C4/N(C)c5ccc6ccccc6c5C45CCCCC5)=[N+](C)c4ccccc43)cc2)Cc2ccc([N+](=O)[O-])cc2)C2(CCCCC2)c2c1ccc1ccccc21. The van der Waals surface area contributed by atoms with Gasteiger partial charge in [0.15, 0.2) is 11.4 Å². The Bertz CT molecular complexity index is 4360. The number of rotatable bonds is 14. The standard InChI is InChI=1S/C82H78N6O4/c1-83-69-27-13-11-25-67(69)81(55-59-37-43-63(44-38-59)87(89)90,75(83)31-19-29-73-79(49-15-5-16-50-79)77-65-23-9-7-21-61(65)41-47-71(77)85(73)3)53-57-33-35-58(36-34-57)54-82(56-60-39-45-64(46-40-60)88(91)92)68-26-12-14-28-70(68)84(2)76(82)32-20-30-74-80(51-17-6-18-52-80)78-66-24-10-8-22-62(66)42-48-72(78)86(74)4/h7-14,19-48H,5-6,15-18,49-56H2,1-4H3/q+2. The van der Waals surface area contributed by atoms with Crippen LogP contribution < -0.4 is 9.80 Å². The molecular formula is C82H78N6O4+2. The number of non-ortho nitro benzene ring substituents is 2. The maximum absolute atomic E-state index is 12.1. The zero-order valence-electron chi connectivity index (χ0n) is 53.2. The molecule has 0 radical (unpaired) electrons. The summed E-state index contributed by atoms with van der Waals surface area (Å²) >= 11 is 0. The van der Waals surface area contributed by atoms with Crippen LogP contribution in [0.1, 0.15) is 109 Å². The van der Waals surface area contributed by atoms with Crippen molar-refractivity contribution in [3.05, 3.63) is 307 Å². The predicted molar refractivity (Wildman–Crippen MR) is 374 cm³/mol. The molecule has 2 fully saturated rings. The van der Waals surface area contributed by atoms with Gasteiger partial charge in [0.1, 0.15) is 14.1 Å². The summed E-state index contributed by atoms with van der Waals surface area (Å²) in [5.74, 6) is 0. The summed E-state index contributed by atoms with van der Waals surface area (Å²) in [5, 5.41) is 29.4. The van der Waals surface area contributed by atoms with Crippen molar-refractivity contribution in [1.29, 1.82) is 0 Å². The molecule has 2 saturated carbocycles. The van der Waals surface area contributed by atoms with Crippen LogP contribution in [0.15, 0.2) is 242 Å². The lowest BCUT2D eigenvalue weighted by Gasteiger charge is -2.36. The first-order valence-electron chi connectivity index (χ1n) is 33.1. The number of nitro groups is 2. The Morgan fingerprint density at radius 3 is 1.13 bits per heavy atom. The fourth-order valence-corrected chi connectivity index (χ4v) is 18.1. The molecule has 9 aromatic rings. The lowest BCUT2D eigenvalue weighted by atomic mass is 9.67. The molecule has 2 spiro atoms. The molecule has 0 N–H and O–H groups in total. The van der Waals surface area contributed by atoms with Gasteiger partial charge in [0.05, 0.1) is 20.7 Å². The van der Waals surface area contributed by atoms with Crippen molar-refractivity contribution in [2.75, 3.05) is 38.0 Å². The van der Waals surface area contributed by atoms with E-state index >= 15 is 0 Å². The van der Waals surface area contributed by atoms with Crippen LogP contribution in [-0.4, -0.2) is 58.6 Å². The predicted octanol–water partition coefficient (Wildman–Crippen LogP) is 18.3. The Morgan fingerprint density at radius 2 is 0.761 bits per heavy atom. The van der Waals surface area contributed by atoms with Gasteiger partial charge in [0, 0.05) is 107 Å². The van der Waals surface area contributed by atoms with E-state index in [1.165, 1.54) is 128 Å². The summed E-state index contributed by atoms with van der Waals surface area (Å²) in [6.07, 6.45) is 28.4. The molecule has 2 aliphatic carbocycles. The lowest BCUT2D eigenvalue weighted by molar-refractivity contribution is -0.401. The van der Waals surface area contributed by atoms with E-state index in [-0.39, 0.29) is 32.1 Å². The Hall–Kier alpha value is -9.80. The van der Waals surface area contributed by atoms with E-state index in [4.69, 9.17) is 0 Å². The largest absolute Gasteiger partial charge is 0.347 e. The highest BCUT2D eigenvalue weighted by atomic mass is 16.6. The van der Waals surface area contributed by atoms with E-state index in [0.717, 1.165) is 48.2 Å². The minimum absolute atomic E-state index is 0.0774. The van der Waals surface area contributed by atoms with Crippen LogP contribution in [0.4, 0.5) is 34.1 Å². The molecule has 6 aliphatic rings. The number of allylic oxidation sites excluding steroid dienone is 8. The van der Waals surface area contributed by atoms with Crippen molar-refractivity contribution in [3.8, 4) is 0 Å². The summed E-state index contributed by atoms with van der Waals surface area (Å²) in [7, 11) is 8.89. The Labute approximate surface area is 539 Å². The first-order valence-corrected chi connectivity index (χ1v) is 33.1. The summed E-state index contributed by atoms with van der Waals surface area (Å²) < 4.78 is 4.75. The molecular weight excluding hydrogens is 1130 g/mol. The maximum atomic E-state index is 12.1. The zero-order valence-corrected chi connectivity index (χ0v) is 53.2. The molecule has 9 aromatic carbocycles. The quantitative estimate of drug-likeness (QED) is 0.0611. The Balaban J connectivity index is 0.819. The average molecular weight is 1210 g/mol. The van der Waals surface area contributed by atoms with Gasteiger partial charge in [-0.2, -0.15) is 9.15 Å². The van der Waals surface area contributed by atoms with Crippen LogP contribution >= 0.6 is 0 Å². The van der Waals surface area contributed by atoms with E-state index in [1.54, 1.807) is 24.3 Å². The van der Waals surface area contributed by atoms with Crippen LogP contribution in [0.3, 0.4) is 0 Å². The monoisotopic (exact) mass is 1210 g/mol. The topological polar surface area (TPSA) is 98.8 Å². The number of hydrogen-bond donors (Lipinski definition) is 0. The summed E-state index contributed by atoms with van der Waals surface area (Å²) in [5.41, 5.74) is 18.6. The third-order valence-corrected chi connectivity index (χ3v) is 22.2. The second-order valence-corrected chi connectivity index (χ2v) is 27.0. The van der Waals surface area contributed by atoms with Crippen molar-refractivity contribution in [1.82, 2.24) is 0 Å². The van der Waals surface area contributed by atoms with Crippen LogP contribution in [0.2, 0.25) is 0 Å². The zero-order chi connectivity index (χ0) is 62.9. The number of benzene rings is 9. The highest BCUT2D eigenvalue weighted by molar-refractivity contribution is 6.06. The number of anilines is 2. The third kappa shape index (κ3) is 9.49. The van der Waals surface area contributed by atoms with Gasteiger partial charge in [0.25, 0.3) is 11.4 Å². The van der Waals surface area contributed by atoms with Gasteiger partial charge in [-0.15, -0.1) is 0 Å². The second kappa shape index (κ2) is 23.2. The Kier molecular flexibility index (Phi) is 14.7. The normalized spacial score (nSPS) is 21.3. The van der Waals surface area contributed by atoms with E-state index in [1.807, 2.05) is 24.3 Å².